The molecule has 2 rings (SSSR count). The number of hydrogen-bond donors (Lipinski definition) is 3. The highest BCUT2D eigenvalue weighted by atomic mass is 127. The second-order valence-corrected chi connectivity index (χ2v) is 6.91. The highest BCUT2D eigenvalue weighted by molar-refractivity contribution is 14.0. The molecule has 0 radical (unpaired) electrons. The highest BCUT2D eigenvalue weighted by Crippen LogP contribution is 2.43. The van der Waals surface area contributed by atoms with Crippen molar-refractivity contribution in [3.8, 4) is 0 Å². The second-order valence-electron chi connectivity index (χ2n) is 6.91. The normalized spacial score (nSPS) is 15.3. The van der Waals surface area contributed by atoms with Gasteiger partial charge in [0.05, 0.1) is 0 Å². The fourth-order valence-corrected chi connectivity index (χ4v) is 3.13. The molecule has 27 heavy (non-hydrogen) atoms. The summed E-state index contributed by atoms with van der Waals surface area (Å²) in [6, 6.07) is 9.88. The molecule has 7 heteroatoms. The van der Waals surface area contributed by atoms with Crippen LogP contribution in [0.3, 0.4) is 0 Å². The molecule has 0 spiro atoms. The summed E-state index contributed by atoms with van der Waals surface area (Å²) in [4.78, 5) is 16.5. The lowest BCUT2D eigenvalue weighted by atomic mass is 9.67. The van der Waals surface area contributed by atoms with E-state index in [4.69, 9.17) is 4.74 Å². The zero-order valence-corrected chi connectivity index (χ0v) is 18.8. The topological polar surface area (TPSA) is 74.8 Å². The van der Waals surface area contributed by atoms with E-state index >= 15 is 0 Å². The first-order valence-electron chi connectivity index (χ1n) is 9.49. The van der Waals surface area contributed by atoms with Crippen molar-refractivity contribution in [2.75, 3.05) is 33.4 Å². The van der Waals surface area contributed by atoms with Crippen LogP contribution in [0.25, 0.3) is 0 Å². The molecule has 0 atom stereocenters. The molecule has 6 nitrogen and oxygen atoms in total. The van der Waals surface area contributed by atoms with Gasteiger partial charge in [0, 0.05) is 33.4 Å². The average Bonchev–Trinajstić information content (AvgIpc) is 2.64. The number of amides is 1. The molecule has 152 valence electrons. The number of hydrogen-bond acceptors (Lipinski definition) is 3. The molecule has 0 unspecified atom stereocenters. The Morgan fingerprint density at radius 2 is 1.93 bits per heavy atom. The molecular formula is C20H33IN4O2. The summed E-state index contributed by atoms with van der Waals surface area (Å²) in [6.07, 6.45) is 4.79. The number of benzene rings is 1. The molecule has 1 amide bonds. The van der Waals surface area contributed by atoms with Gasteiger partial charge in [0.15, 0.2) is 5.96 Å². The fourth-order valence-electron chi connectivity index (χ4n) is 3.13. The van der Waals surface area contributed by atoms with Gasteiger partial charge in [-0.3, -0.25) is 4.79 Å². The quantitative estimate of drug-likeness (QED) is 0.269. The van der Waals surface area contributed by atoms with Crippen LogP contribution in [0.2, 0.25) is 0 Å². The number of methoxy groups -OCH3 is 1. The standard InChI is InChI=1S/C20H32N4O2.HI/c1-3-21-19(24-16-20(10-7-11-20)12-13-26-2)23-15-18(25)22-14-17-8-5-4-6-9-17;/h4-6,8-9H,3,7,10-16H2,1-2H3,(H,22,25)(H2,21,23,24);1H. The van der Waals surface area contributed by atoms with E-state index in [0.29, 0.717) is 17.9 Å². The molecule has 0 aromatic heterocycles. The molecule has 1 fully saturated rings. The molecule has 1 aromatic rings. The average molecular weight is 488 g/mol. The molecule has 1 aliphatic rings. The van der Waals surface area contributed by atoms with E-state index in [-0.39, 0.29) is 36.4 Å². The molecule has 1 aliphatic carbocycles. The van der Waals surface area contributed by atoms with E-state index in [1.807, 2.05) is 37.3 Å². The first-order valence-corrected chi connectivity index (χ1v) is 9.49. The van der Waals surface area contributed by atoms with Crippen LogP contribution in [0.5, 0.6) is 0 Å². The summed E-state index contributed by atoms with van der Waals surface area (Å²) in [7, 11) is 1.75. The monoisotopic (exact) mass is 488 g/mol. The van der Waals surface area contributed by atoms with Crippen LogP contribution in [0.1, 0.15) is 38.2 Å². The van der Waals surface area contributed by atoms with E-state index < -0.39 is 0 Å². The van der Waals surface area contributed by atoms with Gasteiger partial charge < -0.3 is 20.7 Å². The number of aliphatic imine (C=N–C) groups is 1. The van der Waals surface area contributed by atoms with Gasteiger partial charge in [-0.15, -0.1) is 24.0 Å². The van der Waals surface area contributed by atoms with Gasteiger partial charge in [0.2, 0.25) is 5.91 Å². The lowest BCUT2D eigenvalue weighted by Crippen LogP contribution is -2.47. The molecule has 0 bridgehead atoms. The predicted octanol–water partition coefficient (Wildman–Crippen LogP) is 2.68. The van der Waals surface area contributed by atoms with Crippen molar-refractivity contribution in [2.45, 2.75) is 39.2 Å². The Morgan fingerprint density at radius 1 is 1.19 bits per heavy atom. The number of carbonyl (C=O) groups is 1. The SMILES string of the molecule is CCNC(=NCC(=O)NCc1ccccc1)NCC1(CCOC)CCC1.I. The number of ether oxygens (including phenoxy) is 1. The smallest absolute Gasteiger partial charge is 0.242 e. The van der Waals surface area contributed by atoms with Gasteiger partial charge in [-0.05, 0) is 37.2 Å². The molecule has 0 aliphatic heterocycles. The second kappa shape index (κ2) is 12.9. The van der Waals surface area contributed by atoms with E-state index in [9.17, 15) is 4.79 Å². The van der Waals surface area contributed by atoms with Gasteiger partial charge in [0.25, 0.3) is 0 Å². The highest BCUT2D eigenvalue weighted by Gasteiger charge is 2.36. The van der Waals surface area contributed by atoms with E-state index in [1.54, 1.807) is 7.11 Å². The Labute approximate surface area is 179 Å². The van der Waals surface area contributed by atoms with Crippen molar-refractivity contribution in [2.24, 2.45) is 10.4 Å². The first kappa shape index (κ1) is 23.7. The molecular weight excluding hydrogens is 455 g/mol. The lowest BCUT2D eigenvalue weighted by Gasteiger charge is -2.42. The third kappa shape index (κ3) is 8.47. The summed E-state index contributed by atoms with van der Waals surface area (Å²) in [5.74, 6) is 0.620. The van der Waals surface area contributed by atoms with Crippen LogP contribution >= 0.6 is 24.0 Å². The van der Waals surface area contributed by atoms with E-state index in [2.05, 4.69) is 20.9 Å². The number of nitrogens with zero attached hydrogens (tertiary/aromatic N) is 1. The van der Waals surface area contributed by atoms with Crippen molar-refractivity contribution in [1.82, 2.24) is 16.0 Å². The third-order valence-corrected chi connectivity index (χ3v) is 4.94. The van der Waals surface area contributed by atoms with Gasteiger partial charge in [-0.2, -0.15) is 0 Å². The summed E-state index contributed by atoms with van der Waals surface area (Å²) in [5.41, 5.74) is 1.39. The number of nitrogens with one attached hydrogen (secondary N) is 3. The molecule has 1 saturated carbocycles. The molecule has 1 aromatic carbocycles. The van der Waals surface area contributed by atoms with Crippen molar-refractivity contribution in [3.63, 3.8) is 0 Å². The minimum Gasteiger partial charge on any atom is -0.385 e. The van der Waals surface area contributed by atoms with E-state index in [1.165, 1.54) is 19.3 Å². The minimum atomic E-state index is -0.0798. The first-order chi connectivity index (χ1) is 12.7. The van der Waals surface area contributed by atoms with Crippen LogP contribution in [0.15, 0.2) is 35.3 Å². The number of carbonyl (C=O) groups excluding carboxylic acids is 1. The van der Waals surface area contributed by atoms with Gasteiger partial charge in [0.1, 0.15) is 6.54 Å². The predicted molar refractivity (Wildman–Crippen MR) is 120 cm³/mol. The van der Waals surface area contributed by atoms with Crippen LogP contribution in [-0.4, -0.2) is 45.2 Å². The van der Waals surface area contributed by atoms with Gasteiger partial charge in [-0.1, -0.05) is 36.8 Å². The summed E-state index contributed by atoms with van der Waals surface area (Å²) >= 11 is 0. The maximum atomic E-state index is 12.0. The van der Waals surface area contributed by atoms with Crippen molar-refractivity contribution in [3.05, 3.63) is 35.9 Å². The van der Waals surface area contributed by atoms with Crippen LogP contribution in [0.4, 0.5) is 0 Å². The summed E-state index contributed by atoms with van der Waals surface area (Å²) in [5, 5.41) is 9.52. The van der Waals surface area contributed by atoms with Crippen molar-refractivity contribution in [1.29, 1.82) is 0 Å². The van der Waals surface area contributed by atoms with Crippen molar-refractivity contribution >= 4 is 35.8 Å². The zero-order chi connectivity index (χ0) is 18.7. The summed E-state index contributed by atoms with van der Waals surface area (Å²) < 4.78 is 5.24. The zero-order valence-electron chi connectivity index (χ0n) is 16.4. The number of guanidine groups is 1. The summed E-state index contributed by atoms with van der Waals surface area (Å²) in [6.45, 7) is 5.09. The minimum absolute atomic E-state index is 0. The largest absolute Gasteiger partial charge is 0.385 e. The molecule has 0 heterocycles. The van der Waals surface area contributed by atoms with Crippen LogP contribution in [0, 0.1) is 5.41 Å². The Balaban J connectivity index is 0.00000364. The van der Waals surface area contributed by atoms with Crippen LogP contribution in [-0.2, 0) is 16.1 Å². The Hall–Kier alpha value is -1.35. The lowest BCUT2D eigenvalue weighted by molar-refractivity contribution is -0.119. The maximum Gasteiger partial charge on any atom is 0.242 e. The third-order valence-electron chi connectivity index (χ3n) is 4.94. The van der Waals surface area contributed by atoms with Gasteiger partial charge >= 0.3 is 0 Å². The fraction of sp³-hybridized carbons (Fsp3) is 0.600. The Bertz CT molecular complexity index is 577. The van der Waals surface area contributed by atoms with Gasteiger partial charge in [-0.25, -0.2) is 4.99 Å². The Morgan fingerprint density at radius 3 is 2.52 bits per heavy atom. The van der Waals surface area contributed by atoms with Crippen molar-refractivity contribution < 1.29 is 9.53 Å². The van der Waals surface area contributed by atoms with Crippen LogP contribution < -0.4 is 16.0 Å². The maximum absolute atomic E-state index is 12.0. The molecule has 3 N–H and O–H groups in total. The van der Waals surface area contributed by atoms with E-state index in [0.717, 1.165) is 31.7 Å². The number of rotatable bonds is 10. The number of halogens is 1. The Kier molecular flexibility index (Phi) is 11.3. The molecule has 0 saturated heterocycles.